The van der Waals surface area contributed by atoms with Gasteiger partial charge in [-0.3, -0.25) is 0 Å². The Bertz CT molecular complexity index is 420. The lowest BCUT2D eigenvalue weighted by Gasteiger charge is -2.39. The molecule has 0 aliphatic carbocycles. The third-order valence-electron chi connectivity index (χ3n) is 3.72. The maximum atomic E-state index is 4.55. The average molecular weight is 263 g/mol. The smallest absolute Gasteiger partial charge is 0.137 e. The Kier molecular flexibility index (Phi) is 4.58. The predicted molar refractivity (Wildman–Crippen MR) is 79.9 cm³/mol. The predicted octanol–water partition coefficient (Wildman–Crippen LogP) is 1.61. The quantitative estimate of drug-likeness (QED) is 0.894. The number of likely N-dealkylation sites (N-methyl/N-ethyl adjacent to an activating group) is 1. The third kappa shape index (κ3) is 2.97. The molecule has 5 nitrogen and oxygen atoms in total. The van der Waals surface area contributed by atoms with Crippen LogP contribution in [0.4, 0.5) is 11.6 Å². The van der Waals surface area contributed by atoms with Crippen LogP contribution in [-0.4, -0.2) is 54.1 Å². The fourth-order valence-corrected chi connectivity index (χ4v) is 2.75. The average Bonchev–Trinajstić information content (AvgIpc) is 2.39. The summed E-state index contributed by atoms with van der Waals surface area (Å²) in [5, 5.41) is 3.34. The molecule has 0 saturated carbocycles. The summed E-state index contributed by atoms with van der Waals surface area (Å²) in [6.45, 7) is 10.6. The van der Waals surface area contributed by atoms with Crippen LogP contribution in [0.15, 0.2) is 6.33 Å². The van der Waals surface area contributed by atoms with Gasteiger partial charge in [0.25, 0.3) is 0 Å². The number of nitrogens with zero attached hydrogens (tertiary/aromatic N) is 4. The van der Waals surface area contributed by atoms with Crippen molar-refractivity contribution >= 4 is 11.6 Å². The van der Waals surface area contributed by atoms with Gasteiger partial charge in [0.05, 0.1) is 0 Å². The summed E-state index contributed by atoms with van der Waals surface area (Å²) < 4.78 is 0. The molecule has 1 unspecified atom stereocenters. The van der Waals surface area contributed by atoms with Crippen molar-refractivity contribution in [1.82, 2.24) is 14.9 Å². The summed E-state index contributed by atoms with van der Waals surface area (Å²) >= 11 is 0. The highest BCUT2D eigenvalue weighted by Crippen LogP contribution is 2.26. The van der Waals surface area contributed by atoms with Gasteiger partial charge in [0.1, 0.15) is 18.0 Å². The van der Waals surface area contributed by atoms with Crippen molar-refractivity contribution < 1.29 is 0 Å². The SMILES string of the molecule is CCNc1ncnc(N2CCN(C)CC2C)c1CC. The van der Waals surface area contributed by atoms with Gasteiger partial charge in [0.15, 0.2) is 0 Å². The number of nitrogens with one attached hydrogen (secondary N) is 1. The second-order valence-electron chi connectivity index (χ2n) is 5.21. The van der Waals surface area contributed by atoms with E-state index in [2.05, 4.69) is 52.9 Å². The highest BCUT2D eigenvalue weighted by atomic mass is 15.3. The van der Waals surface area contributed by atoms with E-state index in [-0.39, 0.29) is 0 Å². The molecule has 1 aromatic rings. The second-order valence-corrected chi connectivity index (χ2v) is 5.21. The fourth-order valence-electron chi connectivity index (χ4n) is 2.75. The monoisotopic (exact) mass is 263 g/mol. The maximum absolute atomic E-state index is 4.55. The molecule has 0 amide bonds. The van der Waals surface area contributed by atoms with Crippen LogP contribution in [0, 0.1) is 0 Å². The van der Waals surface area contributed by atoms with Gasteiger partial charge < -0.3 is 15.1 Å². The van der Waals surface area contributed by atoms with Crippen LogP contribution in [0.1, 0.15) is 26.3 Å². The number of aromatic nitrogens is 2. The Labute approximate surface area is 116 Å². The van der Waals surface area contributed by atoms with Crippen molar-refractivity contribution in [2.75, 3.05) is 43.4 Å². The van der Waals surface area contributed by atoms with Gasteiger partial charge in [-0.1, -0.05) is 6.92 Å². The lowest BCUT2D eigenvalue weighted by Crippen LogP contribution is -2.51. The van der Waals surface area contributed by atoms with E-state index >= 15 is 0 Å². The molecule has 19 heavy (non-hydrogen) atoms. The van der Waals surface area contributed by atoms with E-state index in [1.807, 2.05) is 0 Å². The number of hydrogen-bond donors (Lipinski definition) is 1. The number of hydrogen-bond acceptors (Lipinski definition) is 5. The van der Waals surface area contributed by atoms with Gasteiger partial charge in [-0.25, -0.2) is 9.97 Å². The molecule has 1 aliphatic rings. The highest BCUT2D eigenvalue weighted by Gasteiger charge is 2.25. The van der Waals surface area contributed by atoms with Crippen LogP contribution in [-0.2, 0) is 6.42 Å². The topological polar surface area (TPSA) is 44.3 Å². The molecule has 5 heteroatoms. The van der Waals surface area contributed by atoms with Gasteiger partial charge in [0.2, 0.25) is 0 Å². The molecular weight excluding hydrogens is 238 g/mol. The van der Waals surface area contributed by atoms with Crippen molar-refractivity contribution in [3.05, 3.63) is 11.9 Å². The van der Waals surface area contributed by atoms with E-state index < -0.39 is 0 Å². The Hall–Kier alpha value is -1.36. The zero-order valence-corrected chi connectivity index (χ0v) is 12.5. The summed E-state index contributed by atoms with van der Waals surface area (Å²) in [6, 6.07) is 0.494. The molecule has 0 bridgehead atoms. The molecule has 1 aliphatic heterocycles. The van der Waals surface area contributed by atoms with Gasteiger partial charge in [0, 0.05) is 37.8 Å². The van der Waals surface area contributed by atoms with E-state index in [4.69, 9.17) is 0 Å². The summed E-state index contributed by atoms with van der Waals surface area (Å²) in [4.78, 5) is 13.7. The number of anilines is 2. The molecule has 1 aromatic heterocycles. The molecule has 1 saturated heterocycles. The normalized spacial score (nSPS) is 20.6. The lowest BCUT2D eigenvalue weighted by molar-refractivity contribution is 0.274. The zero-order valence-electron chi connectivity index (χ0n) is 12.5. The molecule has 0 aromatic carbocycles. The van der Waals surface area contributed by atoms with Crippen molar-refractivity contribution in [2.45, 2.75) is 33.2 Å². The van der Waals surface area contributed by atoms with Crippen LogP contribution in [0.5, 0.6) is 0 Å². The van der Waals surface area contributed by atoms with Crippen molar-refractivity contribution in [1.29, 1.82) is 0 Å². The van der Waals surface area contributed by atoms with Crippen LogP contribution < -0.4 is 10.2 Å². The molecule has 0 spiro atoms. The highest BCUT2D eigenvalue weighted by molar-refractivity contribution is 5.59. The van der Waals surface area contributed by atoms with Gasteiger partial charge in [-0.2, -0.15) is 0 Å². The summed E-state index contributed by atoms with van der Waals surface area (Å²) in [7, 11) is 2.18. The van der Waals surface area contributed by atoms with E-state index in [0.717, 1.165) is 44.2 Å². The van der Waals surface area contributed by atoms with Gasteiger partial charge >= 0.3 is 0 Å². The van der Waals surface area contributed by atoms with E-state index in [9.17, 15) is 0 Å². The second kappa shape index (κ2) is 6.19. The Balaban J connectivity index is 2.30. The maximum Gasteiger partial charge on any atom is 0.137 e. The molecule has 1 fully saturated rings. The standard InChI is InChI=1S/C14H25N5/c1-5-12-13(15-6-2)16-10-17-14(12)19-8-7-18(4)9-11(19)3/h10-11H,5-9H2,1-4H3,(H,15,16,17). The van der Waals surface area contributed by atoms with Crippen molar-refractivity contribution in [3.8, 4) is 0 Å². The number of rotatable bonds is 4. The van der Waals surface area contributed by atoms with E-state index in [1.54, 1.807) is 6.33 Å². The Morgan fingerprint density at radius 2 is 2.11 bits per heavy atom. The lowest BCUT2D eigenvalue weighted by atomic mass is 10.1. The fraction of sp³-hybridized carbons (Fsp3) is 0.714. The first-order valence-electron chi connectivity index (χ1n) is 7.20. The van der Waals surface area contributed by atoms with Gasteiger partial charge in [-0.05, 0) is 27.3 Å². The van der Waals surface area contributed by atoms with Crippen LogP contribution >= 0.6 is 0 Å². The molecule has 1 N–H and O–H groups in total. The largest absolute Gasteiger partial charge is 0.370 e. The summed E-state index contributed by atoms with van der Waals surface area (Å²) in [5.41, 5.74) is 1.24. The first kappa shape index (κ1) is 14.1. The van der Waals surface area contributed by atoms with Crippen molar-refractivity contribution in [2.24, 2.45) is 0 Å². The minimum atomic E-state index is 0.494. The van der Waals surface area contributed by atoms with Crippen molar-refractivity contribution in [3.63, 3.8) is 0 Å². The summed E-state index contributed by atoms with van der Waals surface area (Å²) in [6.07, 6.45) is 2.63. The van der Waals surface area contributed by atoms with E-state index in [1.165, 1.54) is 5.56 Å². The minimum Gasteiger partial charge on any atom is -0.370 e. The molecule has 1 atom stereocenters. The third-order valence-corrected chi connectivity index (χ3v) is 3.72. The number of piperazine rings is 1. The first-order chi connectivity index (χ1) is 9.17. The Morgan fingerprint density at radius 1 is 1.32 bits per heavy atom. The van der Waals surface area contributed by atoms with Crippen LogP contribution in [0.3, 0.4) is 0 Å². The molecular formula is C14H25N5. The Morgan fingerprint density at radius 3 is 2.74 bits per heavy atom. The van der Waals surface area contributed by atoms with Gasteiger partial charge in [-0.15, -0.1) is 0 Å². The van der Waals surface area contributed by atoms with Crippen LogP contribution in [0.2, 0.25) is 0 Å². The summed E-state index contributed by atoms with van der Waals surface area (Å²) in [5.74, 6) is 2.09. The molecule has 106 valence electrons. The molecule has 2 rings (SSSR count). The van der Waals surface area contributed by atoms with E-state index in [0.29, 0.717) is 6.04 Å². The molecule has 0 radical (unpaired) electrons. The first-order valence-corrected chi connectivity index (χ1v) is 7.20. The molecule has 2 heterocycles. The van der Waals surface area contributed by atoms with Crippen LogP contribution in [0.25, 0.3) is 0 Å². The minimum absolute atomic E-state index is 0.494. The zero-order chi connectivity index (χ0) is 13.8.